The number of benzene rings is 1. The van der Waals surface area contributed by atoms with Gasteiger partial charge in [-0.15, -0.1) is 0 Å². The highest BCUT2D eigenvalue weighted by atomic mass is 16.7. The number of ether oxygens (including phenoxy) is 2. The van der Waals surface area contributed by atoms with Crippen LogP contribution in [0.3, 0.4) is 0 Å². The molecule has 1 saturated carbocycles. The number of aryl methyl sites for hydroxylation is 2. The largest absolute Gasteiger partial charge is 0.348 e. The summed E-state index contributed by atoms with van der Waals surface area (Å²) >= 11 is 0. The van der Waals surface area contributed by atoms with Crippen molar-refractivity contribution in [3.05, 3.63) is 53.3 Å². The predicted octanol–water partition coefficient (Wildman–Crippen LogP) is 8.37. The molecule has 0 bridgehead atoms. The van der Waals surface area contributed by atoms with Gasteiger partial charge < -0.3 is 14.0 Å². The molecule has 2 fully saturated rings. The first-order valence-electron chi connectivity index (χ1n) is 14.5. The standard InChI is InChI=1S/C32H44N2O2/c1-5-10-26(11-6-2)34-22-28(25-14-16-32(17-15-25)35-18-19-36-32)27-20-29(33-21-30(27)34)31-23(7-3)12-9-13-24(31)8-4/h9,12-13,20-22,25-26H,5-8,10-11,14-19H2,1-4H3. The minimum Gasteiger partial charge on any atom is -0.348 e. The summed E-state index contributed by atoms with van der Waals surface area (Å²) in [5.41, 5.74) is 8.08. The molecule has 4 heteroatoms. The number of fused-ring (bicyclic) bond motifs is 1. The maximum atomic E-state index is 6.05. The molecule has 5 rings (SSSR count). The molecule has 1 aliphatic heterocycles. The van der Waals surface area contributed by atoms with Gasteiger partial charge in [0.05, 0.1) is 30.6 Å². The molecule has 0 amide bonds. The Morgan fingerprint density at radius 1 is 0.972 bits per heavy atom. The van der Waals surface area contributed by atoms with E-state index in [0.717, 1.165) is 57.4 Å². The SMILES string of the molecule is CCCC(CCC)n1cc(C2CCC3(CC2)OCCO3)c2cc(-c3c(CC)cccc3CC)ncc21. The van der Waals surface area contributed by atoms with E-state index in [-0.39, 0.29) is 5.79 Å². The summed E-state index contributed by atoms with van der Waals surface area (Å²) in [5, 5.41) is 1.40. The Kier molecular flexibility index (Phi) is 7.83. The van der Waals surface area contributed by atoms with E-state index in [1.807, 2.05) is 0 Å². The van der Waals surface area contributed by atoms with E-state index >= 15 is 0 Å². The molecule has 194 valence electrons. The van der Waals surface area contributed by atoms with Crippen molar-refractivity contribution >= 4 is 10.9 Å². The van der Waals surface area contributed by atoms with E-state index in [9.17, 15) is 0 Å². The number of pyridine rings is 1. The molecule has 1 aromatic carbocycles. The van der Waals surface area contributed by atoms with Crippen LogP contribution in [-0.4, -0.2) is 28.6 Å². The molecule has 1 saturated heterocycles. The van der Waals surface area contributed by atoms with Crippen LogP contribution in [0.25, 0.3) is 22.2 Å². The molecule has 0 radical (unpaired) electrons. The molecule has 2 aromatic heterocycles. The maximum absolute atomic E-state index is 6.05. The Hall–Kier alpha value is -2.17. The zero-order valence-electron chi connectivity index (χ0n) is 22.8. The van der Waals surface area contributed by atoms with E-state index in [1.54, 1.807) is 0 Å². The number of hydrogen-bond donors (Lipinski definition) is 0. The highest BCUT2D eigenvalue weighted by Gasteiger charge is 2.41. The number of nitrogens with zero attached hydrogens (tertiary/aromatic N) is 2. The Morgan fingerprint density at radius 2 is 1.61 bits per heavy atom. The molecule has 36 heavy (non-hydrogen) atoms. The third-order valence-electron chi connectivity index (χ3n) is 8.64. The van der Waals surface area contributed by atoms with Gasteiger partial charge in [0.15, 0.2) is 5.79 Å². The quantitative estimate of drug-likeness (QED) is 0.303. The van der Waals surface area contributed by atoms with Gasteiger partial charge in [0.2, 0.25) is 0 Å². The average Bonchev–Trinajstić information content (AvgIpc) is 3.53. The number of aromatic nitrogens is 2. The van der Waals surface area contributed by atoms with Crippen LogP contribution in [0.1, 0.15) is 108 Å². The minimum atomic E-state index is -0.315. The molecular formula is C32H44N2O2. The van der Waals surface area contributed by atoms with E-state index in [4.69, 9.17) is 14.5 Å². The second-order valence-electron chi connectivity index (χ2n) is 10.8. The molecule has 0 unspecified atom stereocenters. The normalized spacial score (nSPS) is 18.1. The van der Waals surface area contributed by atoms with Crippen LogP contribution in [0.5, 0.6) is 0 Å². The van der Waals surface area contributed by atoms with Crippen molar-refractivity contribution in [1.29, 1.82) is 0 Å². The van der Waals surface area contributed by atoms with Crippen LogP contribution in [0, 0.1) is 0 Å². The molecule has 0 N–H and O–H groups in total. The van der Waals surface area contributed by atoms with E-state index < -0.39 is 0 Å². The van der Waals surface area contributed by atoms with Crippen LogP contribution < -0.4 is 0 Å². The van der Waals surface area contributed by atoms with Crippen molar-refractivity contribution in [2.24, 2.45) is 0 Å². The van der Waals surface area contributed by atoms with Gasteiger partial charge in [0.1, 0.15) is 0 Å². The lowest BCUT2D eigenvalue weighted by molar-refractivity contribution is -0.178. The van der Waals surface area contributed by atoms with Gasteiger partial charge in [-0.25, -0.2) is 0 Å². The Morgan fingerprint density at radius 3 is 2.19 bits per heavy atom. The van der Waals surface area contributed by atoms with Crippen molar-refractivity contribution in [1.82, 2.24) is 9.55 Å². The second kappa shape index (κ2) is 11.1. The van der Waals surface area contributed by atoms with E-state index in [1.165, 1.54) is 58.8 Å². The van der Waals surface area contributed by atoms with Crippen LogP contribution >= 0.6 is 0 Å². The third kappa shape index (κ3) is 4.75. The van der Waals surface area contributed by atoms with Gasteiger partial charge in [-0.05, 0) is 67.2 Å². The highest BCUT2D eigenvalue weighted by molar-refractivity contribution is 5.88. The number of hydrogen-bond acceptors (Lipinski definition) is 3. The van der Waals surface area contributed by atoms with Crippen molar-refractivity contribution < 1.29 is 9.47 Å². The summed E-state index contributed by atoms with van der Waals surface area (Å²) in [4.78, 5) is 5.11. The van der Waals surface area contributed by atoms with E-state index in [2.05, 4.69) is 68.9 Å². The summed E-state index contributed by atoms with van der Waals surface area (Å²) in [7, 11) is 0. The van der Waals surface area contributed by atoms with Crippen LogP contribution in [0.4, 0.5) is 0 Å². The lowest BCUT2D eigenvalue weighted by atomic mass is 9.81. The fraction of sp³-hybridized carbons (Fsp3) is 0.594. The summed E-state index contributed by atoms with van der Waals surface area (Å²) < 4.78 is 14.7. The first-order valence-corrected chi connectivity index (χ1v) is 14.5. The molecule has 2 aliphatic rings. The average molecular weight is 489 g/mol. The number of rotatable bonds is 9. The van der Waals surface area contributed by atoms with Gasteiger partial charge in [-0.2, -0.15) is 0 Å². The molecule has 1 spiro atoms. The Balaban J connectivity index is 1.61. The predicted molar refractivity (Wildman–Crippen MR) is 149 cm³/mol. The summed E-state index contributed by atoms with van der Waals surface area (Å²) in [6, 6.07) is 9.69. The first kappa shape index (κ1) is 25.5. The fourth-order valence-corrected chi connectivity index (χ4v) is 6.75. The van der Waals surface area contributed by atoms with Crippen LogP contribution in [0.15, 0.2) is 36.7 Å². The molecule has 1 aliphatic carbocycles. The Bertz CT molecular complexity index is 1140. The highest BCUT2D eigenvalue weighted by Crippen LogP contribution is 2.45. The van der Waals surface area contributed by atoms with Crippen molar-refractivity contribution in [3.63, 3.8) is 0 Å². The molecule has 3 aromatic rings. The Labute approximate surface area is 217 Å². The first-order chi connectivity index (χ1) is 17.6. The molecule has 3 heterocycles. The lowest BCUT2D eigenvalue weighted by Crippen LogP contribution is -2.34. The topological polar surface area (TPSA) is 36.3 Å². The van der Waals surface area contributed by atoms with E-state index in [0.29, 0.717) is 12.0 Å². The zero-order chi connectivity index (χ0) is 25.1. The maximum Gasteiger partial charge on any atom is 0.168 e. The fourth-order valence-electron chi connectivity index (χ4n) is 6.75. The van der Waals surface area contributed by atoms with Gasteiger partial charge >= 0.3 is 0 Å². The van der Waals surface area contributed by atoms with Gasteiger partial charge in [-0.3, -0.25) is 4.98 Å². The lowest BCUT2D eigenvalue weighted by Gasteiger charge is -2.35. The summed E-state index contributed by atoms with van der Waals surface area (Å²) in [6.45, 7) is 10.6. The molecular weight excluding hydrogens is 444 g/mol. The monoisotopic (exact) mass is 488 g/mol. The van der Waals surface area contributed by atoms with Gasteiger partial charge in [0, 0.05) is 36.0 Å². The van der Waals surface area contributed by atoms with Gasteiger partial charge in [-0.1, -0.05) is 58.7 Å². The third-order valence-corrected chi connectivity index (χ3v) is 8.64. The smallest absolute Gasteiger partial charge is 0.168 e. The van der Waals surface area contributed by atoms with Crippen LogP contribution in [-0.2, 0) is 22.3 Å². The van der Waals surface area contributed by atoms with Crippen molar-refractivity contribution in [3.8, 4) is 11.3 Å². The zero-order valence-corrected chi connectivity index (χ0v) is 22.8. The van der Waals surface area contributed by atoms with Gasteiger partial charge in [0.25, 0.3) is 0 Å². The summed E-state index contributed by atoms with van der Waals surface area (Å²) in [5.74, 6) is 0.225. The van der Waals surface area contributed by atoms with Crippen molar-refractivity contribution in [2.45, 2.75) is 110 Å². The molecule has 0 atom stereocenters. The molecule has 4 nitrogen and oxygen atoms in total. The van der Waals surface area contributed by atoms with Crippen molar-refractivity contribution in [2.75, 3.05) is 13.2 Å². The summed E-state index contributed by atoms with van der Waals surface area (Å²) in [6.07, 6.45) is 15.8. The van der Waals surface area contributed by atoms with Crippen LogP contribution in [0.2, 0.25) is 0 Å². The minimum absolute atomic E-state index is 0.315. The second-order valence-corrected chi connectivity index (χ2v) is 10.8.